The number of para-hydroxylation sites is 2. The van der Waals surface area contributed by atoms with Crippen molar-refractivity contribution in [3.63, 3.8) is 0 Å². The van der Waals surface area contributed by atoms with Gasteiger partial charge in [-0.2, -0.15) is 5.01 Å². The fraction of sp³-hybridized carbons (Fsp3) is 0.250. The van der Waals surface area contributed by atoms with Gasteiger partial charge in [0.15, 0.2) is 0 Å². The number of thiophene rings is 1. The van der Waals surface area contributed by atoms with Gasteiger partial charge in [-0.3, -0.25) is 9.59 Å². The lowest BCUT2D eigenvalue weighted by Gasteiger charge is -2.21. The van der Waals surface area contributed by atoms with E-state index < -0.39 is 6.23 Å². The third-order valence-electron chi connectivity index (χ3n) is 6.83. The Balaban J connectivity index is 1.50. The summed E-state index contributed by atoms with van der Waals surface area (Å²) in [6, 6.07) is 19.2. The second-order valence-corrected chi connectivity index (χ2v) is 10.1. The lowest BCUT2D eigenvalue weighted by molar-refractivity contribution is -0.135. The van der Waals surface area contributed by atoms with E-state index in [9.17, 15) is 9.59 Å². The van der Waals surface area contributed by atoms with Gasteiger partial charge < -0.3 is 4.74 Å². The molecule has 8 heteroatoms. The Labute approximate surface area is 212 Å². The van der Waals surface area contributed by atoms with Crippen molar-refractivity contribution >= 4 is 23.1 Å². The van der Waals surface area contributed by atoms with Gasteiger partial charge in [0.1, 0.15) is 5.56 Å². The van der Waals surface area contributed by atoms with Crippen molar-refractivity contribution in [3.05, 3.63) is 104 Å². The summed E-state index contributed by atoms with van der Waals surface area (Å²) < 4.78 is 9.87. The molecule has 7 nitrogen and oxygen atoms in total. The Morgan fingerprint density at radius 1 is 0.972 bits per heavy atom. The summed E-state index contributed by atoms with van der Waals surface area (Å²) in [5, 5.41) is 8.02. The number of rotatable bonds is 4. The highest BCUT2D eigenvalue weighted by Gasteiger charge is 2.38. The number of fused-ring (bicyclic) bond motifs is 1. The van der Waals surface area contributed by atoms with Crippen LogP contribution in [-0.2, 0) is 22.4 Å². The van der Waals surface area contributed by atoms with Gasteiger partial charge in [-0.05, 0) is 62.4 Å². The lowest BCUT2D eigenvalue weighted by atomic mass is 9.95. The van der Waals surface area contributed by atoms with Gasteiger partial charge in [0.25, 0.3) is 5.56 Å². The molecule has 0 saturated heterocycles. The van der Waals surface area contributed by atoms with Gasteiger partial charge in [-0.15, -0.1) is 16.4 Å². The maximum Gasteiger partial charge on any atom is 0.284 e. The quantitative estimate of drug-likeness (QED) is 0.392. The molecule has 1 aliphatic heterocycles. The maximum atomic E-state index is 14.0. The summed E-state index contributed by atoms with van der Waals surface area (Å²) in [6.45, 7) is 3.36. The first-order valence-electron chi connectivity index (χ1n) is 12.1. The van der Waals surface area contributed by atoms with E-state index in [0.717, 1.165) is 36.2 Å². The number of aromatic nitrogens is 2. The Kier molecular flexibility index (Phi) is 5.60. The second kappa shape index (κ2) is 8.95. The molecule has 2 aromatic heterocycles. The molecule has 0 bridgehead atoms. The van der Waals surface area contributed by atoms with Crippen LogP contribution in [0.25, 0.3) is 11.4 Å². The van der Waals surface area contributed by atoms with Crippen molar-refractivity contribution in [1.29, 1.82) is 0 Å². The number of carbonyl (C=O) groups excluding carboxylic acids is 1. The monoisotopic (exact) mass is 498 g/mol. The van der Waals surface area contributed by atoms with Gasteiger partial charge in [0.2, 0.25) is 18.0 Å². The molecule has 3 heterocycles. The fourth-order valence-electron chi connectivity index (χ4n) is 5.13. The van der Waals surface area contributed by atoms with Crippen LogP contribution < -0.4 is 5.56 Å². The van der Waals surface area contributed by atoms with Crippen molar-refractivity contribution in [2.45, 2.75) is 45.8 Å². The zero-order valence-electron chi connectivity index (χ0n) is 20.2. The van der Waals surface area contributed by atoms with E-state index in [1.807, 2.05) is 72.3 Å². The Morgan fingerprint density at radius 2 is 1.61 bits per heavy atom. The molecule has 0 radical (unpaired) electrons. The van der Waals surface area contributed by atoms with E-state index >= 15 is 0 Å². The highest BCUT2D eigenvalue weighted by molar-refractivity contribution is 7.10. The Morgan fingerprint density at radius 3 is 2.28 bits per heavy atom. The van der Waals surface area contributed by atoms with Crippen LogP contribution >= 0.6 is 11.3 Å². The van der Waals surface area contributed by atoms with E-state index in [4.69, 9.17) is 4.74 Å². The summed E-state index contributed by atoms with van der Waals surface area (Å²) in [5.41, 5.74) is 4.59. The highest BCUT2D eigenvalue weighted by Crippen LogP contribution is 2.39. The van der Waals surface area contributed by atoms with Gasteiger partial charge in [-0.25, -0.2) is 9.36 Å². The second-order valence-electron chi connectivity index (χ2n) is 9.10. The molecular formula is C28H26N4O3S. The molecule has 6 rings (SSSR count). The molecule has 1 aliphatic carbocycles. The number of ether oxygens (including phenoxy) is 1. The number of hydrazone groups is 1. The summed E-state index contributed by atoms with van der Waals surface area (Å²) >= 11 is 1.72. The molecule has 0 unspecified atom stereocenters. The molecule has 2 aliphatic rings. The average Bonchev–Trinajstić information content (AvgIpc) is 3.59. The predicted octanol–water partition coefficient (Wildman–Crippen LogP) is 5.12. The minimum Gasteiger partial charge on any atom is -0.445 e. The number of aryl methyl sites for hydroxylation is 1. The maximum absolute atomic E-state index is 14.0. The van der Waals surface area contributed by atoms with Crippen LogP contribution in [0.3, 0.4) is 0 Å². The smallest absolute Gasteiger partial charge is 0.284 e. The molecule has 0 N–H and O–H groups in total. The van der Waals surface area contributed by atoms with Crippen LogP contribution in [0.4, 0.5) is 0 Å². The van der Waals surface area contributed by atoms with Crippen molar-refractivity contribution in [2.24, 2.45) is 5.10 Å². The lowest BCUT2D eigenvalue weighted by Crippen LogP contribution is -2.26. The molecule has 0 spiro atoms. The third-order valence-corrected chi connectivity index (χ3v) is 7.93. The van der Waals surface area contributed by atoms with Crippen LogP contribution in [0, 0.1) is 6.92 Å². The molecule has 1 amide bonds. The van der Waals surface area contributed by atoms with Crippen molar-refractivity contribution in [1.82, 2.24) is 14.4 Å². The third kappa shape index (κ3) is 3.60. The summed E-state index contributed by atoms with van der Waals surface area (Å²) in [5.74, 6) is -0.0536. The molecule has 4 aromatic rings. The Bertz CT molecular complexity index is 1530. The molecular weight excluding hydrogens is 472 g/mol. The van der Waals surface area contributed by atoms with Gasteiger partial charge in [-0.1, -0.05) is 36.4 Å². The molecule has 0 fully saturated rings. The van der Waals surface area contributed by atoms with Crippen molar-refractivity contribution in [2.75, 3.05) is 0 Å². The predicted molar refractivity (Wildman–Crippen MR) is 140 cm³/mol. The first-order valence-corrected chi connectivity index (χ1v) is 13.0. The largest absolute Gasteiger partial charge is 0.445 e. The number of hydrogen-bond acceptors (Lipinski definition) is 5. The van der Waals surface area contributed by atoms with Crippen LogP contribution in [0.1, 0.15) is 53.3 Å². The first kappa shape index (κ1) is 22.5. The SMILES string of the molecule is CC(=O)N1N=C(c2c(C)n(-c3ccccc3)n(-c3ccccc3)c2=O)O[C@H]1c1csc2c1CCCC2. The topological polar surface area (TPSA) is 68.8 Å². The van der Waals surface area contributed by atoms with Crippen LogP contribution in [0.5, 0.6) is 0 Å². The zero-order chi connectivity index (χ0) is 24.8. The molecule has 182 valence electrons. The van der Waals surface area contributed by atoms with Gasteiger partial charge >= 0.3 is 0 Å². The van der Waals surface area contributed by atoms with Crippen LogP contribution in [0.15, 0.2) is 75.9 Å². The van der Waals surface area contributed by atoms with E-state index in [-0.39, 0.29) is 17.4 Å². The summed E-state index contributed by atoms with van der Waals surface area (Å²) in [7, 11) is 0. The zero-order valence-corrected chi connectivity index (χ0v) is 21.0. The first-order chi connectivity index (χ1) is 17.5. The fourth-order valence-corrected chi connectivity index (χ4v) is 6.28. The minimum atomic E-state index is -0.667. The minimum absolute atomic E-state index is 0.174. The number of hydrogen-bond donors (Lipinski definition) is 0. The summed E-state index contributed by atoms with van der Waals surface area (Å²) in [6.07, 6.45) is 3.67. The number of carbonyl (C=O) groups is 1. The van der Waals surface area contributed by atoms with E-state index in [1.165, 1.54) is 28.8 Å². The standard InChI is InChI=1S/C28H26N4O3S/c1-18-25(27(34)32(21-13-7-4-8-14-21)31(18)20-11-5-3-6-12-20)26-29-30(19(2)33)28(35-26)23-17-36-24-16-10-9-15-22(23)24/h3-8,11-14,17,28H,9-10,15-16H2,1-2H3/t28-/m0/s1. The van der Waals surface area contributed by atoms with Gasteiger partial charge in [0.05, 0.1) is 17.1 Å². The van der Waals surface area contributed by atoms with E-state index in [1.54, 1.807) is 16.0 Å². The average molecular weight is 499 g/mol. The highest BCUT2D eigenvalue weighted by atomic mass is 32.1. The molecule has 36 heavy (non-hydrogen) atoms. The van der Waals surface area contributed by atoms with Crippen molar-refractivity contribution in [3.8, 4) is 11.4 Å². The van der Waals surface area contributed by atoms with Crippen molar-refractivity contribution < 1.29 is 9.53 Å². The molecule has 1 atom stereocenters. The van der Waals surface area contributed by atoms with E-state index in [0.29, 0.717) is 11.3 Å². The van der Waals surface area contributed by atoms with Crippen LogP contribution in [0.2, 0.25) is 0 Å². The van der Waals surface area contributed by atoms with Gasteiger partial charge in [0, 0.05) is 22.7 Å². The normalized spacial score (nSPS) is 17.0. The van der Waals surface area contributed by atoms with E-state index in [2.05, 4.69) is 10.5 Å². The molecule has 0 saturated carbocycles. The number of amides is 1. The Hall–Kier alpha value is -3.91. The van der Waals surface area contributed by atoms with Crippen LogP contribution in [-0.4, -0.2) is 26.2 Å². The molecule has 2 aromatic carbocycles. The number of nitrogens with zero attached hydrogens (tertiary/aromatic N) is 4. The number of benzene rings is 2. The summed E-state index contributed by atoms with van der Waals surface area (Å²) in [4.78, 5) is 27.9.